The van der Waals surface area contributed by atoms with E-state index in [1.54, 1.807) is 0 Å². The highest BCUT2D eigenvalue weighted by atomic mass is 16.5. The van der Waals surface area contributed by atoms with E-state index in [2.05, 4.69) is 5.10 Å². The number of nitrogen functional groups attached to an aromatic ring is 1. The molecule has 6 heteroatoms. The molecule has 0 aliphatic heterocycles. The van der Waals surface area contributed by atoms with Crippen molar-refractivity contribution in [3.63, 3.8) is 0 Å². The fourth-order valence-electron chi connectivity index (χ4n) is 0.854. The number of ether oxygens (including phenoxy) is 1. The van der Waals surface area contributed by atoms with Gasteiger partial charge in [-0.3, -0.25) is 0 Å². The average molecular weight is 185 g/mol. The Labute approximate surface area is 74.9 Å². The molecule has 1 aromatic rings. The Kier molecular flexibility index (Phi) is 2.86. The lowest BCUT2D eigenvalue weighted by atomic mass is 10.4. The van der Waals surface area contributed by atoms with Crippen LogP contribution in [0.3, 0.4) is 0 Å². The third-order valence-corrected chi connectivity index (χ3v) is 1.42. The highest BCUT2D eigenvalue weighted by Gasteiger charge is 2.12. The largest absolute Gasteiger partial charge is 0.476 e. The Balaban J connectivity index is 2.76. The lowest BCUT2D eigenvalue weighted by Crippen LogP contribution is -2.05. The first-order valence-electron chi connectivity index (χ1n) is 3.79. The van der Waals surface area contributed by atoms with Gasteiger partial charge in [0.2, 0.25) is 0 Å². The zero-order chi connectivity index (χ0) is 9.84. The van der Waals surface area contributed by atoms with E-state index in [0.717, 1.165) is 0 Å². The molecule has 0 atom stereocenters. The molecule has 1 heterocycles. The van der Waals surface area contributed by atoms with Gasteiger partial charge in [0.25, 0.3) is 0 Å². The topological polar surface area (TPSA) is 90.4 Å². The fourth-order valence-corrected chi connectivity index (χ4v) is 0.854. The van der Waals surface area contributed by atoms with Crippen molar-refractivity contribution in [1.29, 1.82) is 0 Å². The van der Waals surface area contributed by atoms with E-state index < -0.39 is 5.97 Å². The monoisotopic (exact) mass is 185 g/mol. The summed E-state index contributed by atoms with van der Waals surface area (Å²) in [6.07, 6.45) is 1.43. The molecule has 0 bridgehead atoms. The minimum atomic E-state index is -1.13. The van der Waals surface area contributed by atoms with Gasteiger partial charge in [0.05, 0.1) is 11.9 Å². The molecule has 0 fully saturated rings. The van der Waals surface area contributed by atoms with Crippen molar-refractivity contribution in [3.05, 3.63) is 11.9 Å². The van der Waals surface area contributed by atoms with Gasteiger partial charge in [-0.15, -0.1) is 0 Å². The number of carboxylic acids is 1. The summed E-state index contributed by atoms with van der Waals surface area (Å²) in [5.41, 5.74) is 5.40. The first-order valence-corrected chi connectivity index (χ1v) is 3.79. The molecule has 13 heavy (non-hydrogen) atoms. The highest BCUT2D eigenvalue weighted by Crippen LogP contribution is 2.08. The number of nitrogens with two attached hydrogens (primary N) is 1. The van der Waals surface area contributed by atoms with E-state index in [4.69, 9.17) is 15.6 Å². The first-order chi connectivity index (χ1) is 6.15. The van der Waals surface area contributed by atoms with Crippen LogP contribution in [-0.2, 0) is 11.5 Å². The van der Waals surface area contributed by atoms with Crippen LogP contribution in [0.5, 0.6) is 0 Å². The third-order valence-electron chi connectivity index (χ3n) is 1.42. The molecule has 0 saturated heterocycles. The van der Waals surface area contributed by atoms with Crippen molar-refractivity contribution >= 4 is 11.7 Å². The maximum absolute atomic E-state index is 10.5. The van der Waals surface area contributed by atoms with Gasteiger partial charge >= 0.3 is 5.97 Å². The summed E-state index contributed by atoms with van der Waals surface area (Å²) in [5.74, 6) is -1.13. The number of anilines is 1. The van der Waals surface area contributed by atoms with Crippen LogP contribution in [0.2, 0.25) is 0 Å². The van der Waals surface area contributed by atoms with E-state index >= 15 is 0 Å². The Morgan fingerprint density at radius 3 is 3.00 bits per heavy atom. The zero-order valence-electron chi connectivity index (χ0n) is 7.23. The van der Waals surface area contributed by atoms with E-state index in [1.165, 1.54) is 10.9 Å². The van der Waals surface area contributed by atoms with Gasteiger partial charge in [-0.1, -0.05) is 0 Å². The number of carboxylic acid groups (broad SMARTS) is 1. The summed E-state index contributed by atoms with van der Waals surface area (Å²) >= 11 is 0. The second kappa shape index (κ2) is 3.90. The number of carbonyl (C=O) groups is 1. The van der Waals surface area contributed by atoms with E-state index in [9.17, 15) is 4.79 Å². The van der Waals surface area contributed by atoms with E-state index in [0.29, 0.717) is 6.61 Å². The van der Waals surface area contributed by atoms with E-state index in [-0.39, 0.29) is 18.1 Å². The molecule has 1 rings (SSSR count). The molecule has 0 amide bonds. The lowest BCUT2D eigenvalue weighted by Gasteiger charge is -1.98. The Bertz CT molecular complexity index is 308. The first kappa shape index (κ1) is 9.53. The molecule has 0 saturated carbocycles. The molecular weight excluding hydrogens is 174 g/mol. The maximum atomic E-state index is 10.5. The molecule has 1 aromatic heterocycles. The second-order valence-corrected chi connectivity index (χ2v) is 2.40. The summed E-state index contributed by atoms with van der Waals surface area (Å²) in [5, 5.41) is 12.3. The molecule has 3 N–H and O–H groups in total. The summed E-state index contributed by atoms with van der Waals surface area (Å²) in [6.45, 7) is 2.60. The van der Waals surface area contributed by atoms with Crippen LogP contribution in [0.1, 0.15) is 17.4 Å². The molecule has 0 aromatic carbocycles. The summed E-state index contributed by atoms with van der Waals surface area (Å²) in [7, 11) is 0. The van der Waals surface area contributed by atoms with Gasteiger partial charge in [0.1, 0.15) is 6.73 Å². The van der Waals surface area contributed by atoms with Crippen molar-refractivity contribution in [1.82, 2.24) is 9.78 Å². The van der Waals surface area contributed by atoms with Gasteiger partial charge < -0.3 is 15.6 Å². The van der Waals surface area contributed by atoms with Crippen LogP contribution in [-0.4, -0.2) is 27.5 Å². The van der Waals surface area contributed by atoms with Gasteiger partial charge in [0, 0.05) is 6.61 Å². The molecule has 6 nitrogen and oxygen atoms in total. The normalized spacial score (nSPS) is 10.2. The van der Waals surface area contributed by atoms with Crippen molar-refractivity contribution in [2.24, 2.45) is 0 Å². The minimum Gasteiger partial charge on any atom is -0.476 e. The van der Waals surface area contributed by atoms with Crippen LogP contribution < -0.4 is 5.73 Å². The van der Waals surface area contributed by atoms with Crippen LogP contribution in [0.15, 0.2) is 6.20 Å². The Morgan fingerprint density at radius 1 is 1.85 bits per heavy atom. The summed E-state index contributed by atoms with van der Waals surface area (Å²) in [6, 6.07) is 0. The lowest BCUT2D eigenvalue weighted by molar-refractivity contribution is 0.0672. The summed E-state index contributed by atoms with van der Waals surface area (Å²) < 4.78 is 6.37. The highest BCUT2D eigenvalue weighted by molar-refractivity contribution is 5.90. The molecular formula is C7H11N3O3. The number of aromatic carboxylic acids is 1. The molecule has 0 radical (unpaired) electrons. The van der Waals surface area contributed by atoms with Crippen LogP contribution in [0.25, 0.3) is 0 Å². The summed E-state index contributed by atoms with van der Waals surface area (Å²) in [4.78, 5) is 10.5. The predicted molar refractivity (Wildman–Crippen MR) is 45.2 cm³/mol. The number of aromatic nitrogens is 2. The molecule has 0 unspecified atom stereocenters. The maximum Gasteiger partial charge on any atom is 0.358 e. The molecule has 0 aliphatic rings. The fraction of sp³-hybridized carbons (Fsp3) is 0.429. The molecule has 0 aliphatic carbocycles. The third kappa shape index (κ3) is 2.19. The van der Waals surface area contributed by atoms with Crippen LogP contribution in [0, 0.1) is 0 Å². The number of rotatable bonds is 4. The smallest absolute Gasteiger partial charge is 0.358 e. The number of hydrogen-bond acceptors (Lipinski definition) is 4. The Morgan fingerprint density at radius 2 is 2.54 bits per heavy atom. The van der Waals surface area contributed by atoms with Gasteiger partial charge in [0.15, 0.2) is 5.69 Å². The SMILES string of the molecule is CCOCn1cc(N)c(C(=O)O)n1. The van der Waals surface area contributed by atoms with Crippen molar-refractivity contribution in [2.75, 3.05) is 12.3 Å². The second-order valence-electron chi connectivity index (χ2n) is 2.40. The standard InChI is InChI=1S/C7H11N3O3/c1-2-13-4-10-3-5(8)6(9-10)7(11)12/h3H,2,4,8H2,1H3,(H,11,12). The van der Waals surface area contributed by atoms with Crippen molar-refractivity contribution < 1.29 is 14.6 Å². The quantitative estimate of drug-likeness (QED) is 0.697. The molecule has 72 valence electrons. The van der Waals surface area contributed by atoms with Gasteiger partial charge in [-0.05, 0) is 6.92 Å². The van der Waals surface area contributed by atoms with E-state index in [1.807, 2.05) is 6.92 Å². The van der Waals surface area contributed by atoms with Gasteiger partial charge in [-0.2, -0.15) is 5.10 Å². The Hall–Kier alpha value is -1.56. The van der Waals surface area contributed by atoms with Crippen LogP contribution >= 0.6 is 0 Å². The number of nitrogens with zero attached hydrogens (tertiary/aromatic N) is 2. The average Bonchev–Trinajstić information content (AvgIpc) is 2.43. The van der Waals surface area contributed by atoms with Crippen molar-refractivity contribution in [3.8, 4) is 0 Å². The predicted octanol–water partition coefficient (Wildman–Crippen LogP) is 0.157. The van der Waals surface area contributed by atoms with Gasteiger partial charge in [-0.25, -0.2) is 9.48 Å². The zero-order valence-corrected chi connectivity index (χ0v) is 7.23. The van der Waals surface area contributed by atoms with Crippen LogP contribution in [0.4, 0.5) is 5.69 Å². The number of hydrogen-bond donors (Lipinski definition) is 2. The molecule has 0 spiro atoms. The van der Waals surface area contributed by atoms with Crippen molar-refractivity contribution in [2.45, 2.75) is 13.7 Å². The minimum absolute atomic E-state index is 0.139.